The number of halogens is 3. The molecule has 0 amide bonds. The number of aromatic nitrogens is 4. The number of aryl methyl sites for hydroxylation is 1. The number of benzene rings is 1. The SMILES string of the molecule is Cl.Cl.Cl.NC1CCC(Nc2nc(NN3CCC(CCc4ccccc4)CC3)c3ncn(C4CCCC4)c3n2)CC1. The molecule has 11 heteroatoms. The molecule has 40 heavy (non-hydrogen) atoms. The summed E-state index contributed by atoms with van der Waals surface area (Å²) in [4.78, 5) is 14.8. The molecule has 0 spiro atoms. The van der Waals surface area contributed by atoms with Gasteiger partial charge < -0.3 is 21.0 Å². The zero-order valence-corrected chi connectivity index (χ0v) is 25.7. The van der Waals surface area contributed by atoms with E-state index in [0.717, 1.165) is 61.7 Å². The van der Waals surface area contributed by atoms with Crippen LogP contribution in [0.5, 0.6) is 0 Å². The van der Waals surface area contributed by atoms with E-state index >= 15 is 0 Å². The lowest BCUT2D eigenvalue weighted by Crippen LogP contribution is -2.38. The number of imidazole rings is 1. The maximum Gasteiger partial charge on any atom is 0.227 e. The maximum absolute atomic E-state index is 6.14. The molecule has 6 rings (SSSR count). The van der Waals surface area contributed by atoms with Gasteiger partial charge >= 0.3 is 0 Å². The number of nitrogens with one attached hydrogen (secondary N) is 2. The summed E-state index contributed by atoms with van der Waals surface area (Å²) in [6.07, 6.45) is 16.1. The summed E-state index contributed by atoms with van der Waals surface area (Å²) in [5, 5.41) is 5.97. The second kappa shape index (κ2) is 15.4. The van der Waals surface area contributed by atoms with Crippen molar-refractivity contribution < 1.29 is 0 Å². The van der Waals surface area contributed by atoms with Gasteiger partial charge in [-0.3, -0.25) is 0 Å². The Morgan fingerprint density at radius 3 is 2.25 bits per heavy atom. The van der Waals surface area contributed by atoms with E-state index in [1.807, 2.05) is 6.33 Å². The van der Waals surface area contributed by atoms with E-state index < -0.39 is 0 Å². The number of fused-ring (bicyclic) bond motifs is 1. The molecule has 4 N–H and O–H groups in total. The zero-order valence-electron chi connectivity index (χ0n) is 23.2. The van der Waals surface area contributed by atoms with Crippen LogP contribution in [0.2, 0.25) is 0 Å². The topological polar surface area (TPSA) is 96.9 Å². The molecular weight excluding hydrogens is 567 g/mol. The first-order valence-corrected chi connectivity index (χ1v) is 14.5. The molecule has 3 aliphatic rings. The Bertz CT molecular complexity index is 1150. The first-order valence-electron chi connectivity index (χ1n) is 14.5. The van der Waals surface area contributed by atoms with Crippen LogP contribution in [-0.2, 0) is 6.42 Å². The van der Waals surface area contributed by atoms with E-state index in [1.165, 1.54) is 56.9 Å². The molecular formula is C29H45Cl3N8. The van der Waals surface area contributed by atoms with Crippen LogP contribution >= 0.6 is 37.2 Å². The fourth-order valence-electron chi connectivity index (χ4n) is 6.45. The molecule has 3 aromatic rings. The molecule has 0 atom stereocenters. The van der Waals surface area contributed by atoms with Crippen LogP contribution in [-0.4, -0.2) is 49.7 Å². The highest BCUT2D eigenvalue weighted by atomic mass is 35.5. The summed E-state index contributed by atoms with van der Waals surface area (Å²) < 4.78 is 2.30. The van der Waals surface area contributed by atoms with Crippen molar-refractivity contribution >= 4 is 60.2 Å². The predicted molar refractivity (Wildman–Crippen MR) is 171 cm³/mol. The van der Waals surface area contributed by atoms with E-state index in [0.29, 0.717) is 24.1 Å². The average Bonchev–Trinajstić information content (AvgIpc) is 3.61. The van der Waals surface area contributed by atoms with Crippen molar-refractivity contribution in [1.82, 2.24) is 24.5 Å². The van der Waals surface area contributed by atoms with Gasteiger partial charge in [0.15, 0.2) is 17.0 Å². The molecule has 1 aliphatic heterocycles. The summed E-state index contributed by atoms with van der Waals surface area (Å²) in [6, 6.07) is 12.1. The van der Waals surface area contributed by atoms with Gasteiger partial charge in [-0.15, -0.1) is 37.2 Å². The summed E-state index contributed by atoms with van der Waals surface area (Å²) in [5.41, 5.74) is 13.1. The van der Waals surface area contributed by atoms with Crippen LogP contribution in [0.4, 0.5) is 11.8 Å². The van der Waals surface area contributed by atoms with Crippen LogP contribution in [0, 0.1) is 5.92 Å². The molecule has 3 heterocycles. The molecule has 8 nitrogen and oxygen atoms in total. The fraction of sp³-hybridized carbons (Fsp3) is 0.621. The van der Waals surface area contributed by atoms with Crippen molar-refractivity contribution in [3.63, 3.8) is 0 Å². The molecule has 0 unspecified atom stereocenters. The fourth-order valence-corrected chi connectivity index (χ4v) is 6.45. The van der Waals surface area contributed by atoms with Gasteiger partial charge in [-0.05, 0) is 75.7 Å². The summed E-state index contributed by atoms with van der Waals surface area (Å²) in [5.74, 6) is 2.33. The van der Waals surface area contributed by atoms with Gasteiger partial charge in [0, 0.05) is 31.2 Å². The maximum atomic E-state index is 6.14. The first-order chi connectivity index (χ1) is 18.2. The highest BCUT2D eigenvalue weighted by Crippen LogP contribution is 2.34. The van der Waals surface area contributed by atoms with Gasteiger partial charge in [-0.2, -0.15) is 9.97 Å². The number of piperidine rings is 1. The Hall–Kier alpha value is -1.84. The van der Waals surface area contributed by atoms with Gasteiger partial charge in [0.05, 0.1) is 6.33 Å². The quantitative estimate of drug-likeness (QED) is 0.265. The lowest BCUT2D eigenvalue weighted by Gasteiger charge is -2.32. The minimum Gasteiger partial charge on any atom is -0.351 e. The predicted octanol–water partition coefficient (Wildman–Crippen LogP) is 6.56. The minimum absolute atomic E-state index is 0. The largest absolute Gasteiger partial charge is 0.351 e. The molecule has 1 saturated heterocycles. The van der Waals surface area contributed by atoms with Crippen LogP contribution < -0.4 is 16.5 Å². The molecule has 2 aromatic heterocycles. The second-order valence-corrected chi connectivity index (χ2v) is 11.5. The van der Waals surface area contributed by atoms with E-state index in [-0.39, 0.29) is 37.2 Å². The second-order valence-electron chi connectivity index (χ2n) is 11.5. The van der Waals surface area contributed by atoms with Crippen molar-refractivity contribution in [3.05, 3.63) is 42.2 Å². The summed E-state index contributed by atoms with van der Waals surface area (Å²) in [6.45, 7) is 2.05. The van der Waals surface area contributed by atoms with Crippen molar-refractivity contribution in [2.24, 2.45) is 11.7 Å². The summed E-state index contributed by atoms with van der Waals surface area (Å²) in [7, 11) is 0. The van der Waals surface area contributed by atoms with Crippen LogP contribution in [0.3, 0.4) is 0 Å². The molecule has 0 bridgehead atoms. The molecule has 1 aromatic carbocycles. The molecule has 2 aliphatic carbocycles. The Morgan fingerprint density at radius 1 is 0.850 bits per heavy atom. The third-order valence-corrected chi connectivity index (χ3v) is 8.81. The highest BCUT2D eigenvalue weighted by molar-refractivity contribution is 5.86. The Morgan fingerprint density at radius 2 is 1.55 bits per heavy atom. The van der Waals surface area contributed by atoms with Crippen molar-refractivity contribution in [2.75, 3.05) is 23.8 Å². The Labute approximate surface area is 256 Å². The molecule has 0 radical (unpaired) electrons. The standard InChI is InChI=1S/C29H42N8.3ClH/c30-23-12-14-24(15-13-23)32-29-33-27(26-28(34-29)37(20-31-26)25-8-4-5-9-25)35-36-18-16-22(17-19-36)11-10-21-6-2-1-3-7-21;;;/h1-3,6-7,20,22-25H,4-5,8-19,30H2,(H2,32,33,34,35);3*1H. The van der Waals surface area contributed by atoms with Gasteiger partial charge in [0.2, 0.25) is 5.95 Å². The number of hydrogen-bond donors (Lipinski definition) is 3. The van der Waals surface area contributed by atoms with Crippen LogP contribution in [0.1, 0.15) is 82.2 Å². The molecule has 222 valence electrons. The minimum atomic E-state index is 0. The average molecular weight is 612 g/mol. The van der Waals surface area contributed by atoms with Crippen molar-refractivity contribution in [2.45, 2.75) is 95.2 Å². The van der Waals surface area contributed by atoms with E-state index in [9.17, 15) is 0 Å². The number of anilines is 2. The third-order valence-electron chi connectivity index (χ3n) is 8.81. The van der Waals surface area contributed by atoms with Crippen LogP contribution in [0.15, 0.2) is 36.7 Å². The van der Waals surface area contributed by atoms with Gasteiger partial charge in [0.25, 0.3) is 0 Å². The van der Waals surface area contributed by atoms with Crippen molar-refractivity contribution in [1.29, 1.82) is 0 Å². The lowest BCUT2D eigenvalue weighted by atomic mass is 9.91. The number of nitrogens with zero attached hydrogens (tertiary/aromatic N) is 5. The smallest absolute Gasteiger partial charge is 0.227 e. The Balaban J connectivity index is 0.00000147. The zero-order chi connectivity index (χ0) is 25.0. The van der Waals surface area contributed by atoms with Gasteiger partial charge in [-0.25, -0.2) is 9.99 Å². The van der Waals surface area contributed by atoms with Crippen LogP contribution in [0.25, 0.3) is 11.2 Å². The normalized spacial score (nSPS) is 22.2. The molecule has 2 saturated carbocycles. The monoisotopic (exact) mass is 610 g/mol. The van der Waals surface area contributed by atoms with E-state index in [2.05, 4.69) is 50.7 Å². The summed E-state index contributed by atoms with van der Waals surface area (Å²) >= 11 is 0. The number of hydrazine groups is 1. The molecule has 3 fully saturated rings. The van der Waals surface area contributed by atoms with E-state index in [1.54, 1.807) is 0 Å². The number of hydrogen-bond acceptors (Lipinski definition) is 7. The lowest BCUT2D eigenvalue weighted by molar-refractivity contribution is 0.210. The van der Waals surface area contributed by atoms with Crippen molar-refractivity contribution in [3.8, 4) is 0 Å². The van der Waals surface area contributed by atoms with E-state index in [4.69, 9.17) is 20.7 Å². The number of nitrogens with two attached hydrogens (primary N) is 1. The highest BCUT2D eigenvalue weighted by Gasteiger charge is 2.25. The number of rotatable bonds is 8. The van der Waals surface area contributed by atoms with Gasteiger partial charge in [0.1, 0.15) is 0 Å². The first kappa shape index (κ1) is 32.7. The van der Waals surface area contributed by atoms with Gasteiger partial charge in [-0.1, -0.05) is 43.2 Å². The third kappa shape index (κ3) is 7.91. The Kier molecular flexibility index (Phi) is 12.6.